The van der Waals surface area contributed by atoms with E-state index < -0.39 is 11.4 Å². The number of pyridine rings is 1. The van der Waals surface area contributed by atoms with Crippen molar-refractivity contribution in [3.05, 3.63) is 65.4 Å². The zero-order valence-electron chi connectivity index (χ0n) is 17.3. The van der Waals surface area contributed by atoms with Gasteiger partial charge in [-0.25, -0.2) is 4.39 Å². The number of carbonyl (C=O) groups excluding carboxylic acids is 1. The van der Waals surface area contributed by atoms with Crippen LogP contribution in [0.15, 0.2) is 48.5 Å². The standard InChI is InChI=1S/C23H24FNO5.ClH/c1-14(7-16-9-20(27)21(28-2)10-18(16)24)23-12-17(8-15-3-5-25-6-4-15)19(26)11-22(23)29-13-30-23;/h3-6,9-11,14,17,27H,7-8,12-13H2,1-2H3;1H/t14?,17-,23+;/m0./s1. The lowest BCUT2D eigenvalue weighted by molar-refractivity contribution is -0.123. The number of rotatable bonds is 6. The fourth-order valence-electron chi connectivity index (χ4n) is 4.39. The summed E-state index contributed by atoms with van der Waals surface area (Å²) in [5.74, 6) is -0.447. The molecule has 2 aromatic rings. The van der Waals surface area contributed by atoms with E-state index in [9.17, 15) is 14.3 Å². The first-order chi connectivity index (χ1) is 14.4. The van der Waals surface area contributed by atoms with Crippen LogP contribution in [0.25, 0.3) is 0 Å². The highest BCUT2D eigenvalue weighted by atomic mass is 35.5. The largest absolute Gasteiger partial charge is 0.504 e. The molecule has 0 amide bonds. The predicted molar refractivity (Wildman–Crippen MR) is 114 cm³/mol. The van der Waals surface area contributed by atoms with E-state index in [4.69, 9.17) is 14.2 Å². The first kappa shape index (κ1) is 23.0. The number of fused-ring (bicyclic) bond motifs is 1. The minimum atomic E-state index is -0.812. The number of aromatic hydroxyl groups is 1. The van der Waals surface area contributed by atoms with Gasteiger partial charge in [0.1, 0.15) is 17.2 Å². The van der Waals surface area contributed by atoms with Gasteiger partial charge in [0.25, 0.3) is 0 Å². The van der Waals surface area contributed by atoms with Crippen LogP contribution in [-0.2, 0) is 27.1 Å². The third kappa shape index (κ3) is 4.38. The number of phenols is 1. The fraction of sp³-hybridized carbons (Fsp3) is 0.391. The Balaban J connectivity index is 0.00000272. The Morgan fingerprint density at radius 2 is 2.10 bits per heavy atom. The van der Waals surface area contributed by atoms with Gasteiger partial charge >= 0.3 is 0 Å². The van der Waals surface area contributed by atoms with Crippen molar-refractivity contribution >= 4 is 18.2 Å². The summed E-state index contributed by atoms with van der Waals surface area (Å²) in [5.41, 5.74) is 0.564. The van der Waals surface area contributed by atoms with Gasteiger partial charge in [-0.05, 0) is 54.5 Å². The second-order valence-electron chi connectivity index (χ2n) is 7.89. The van der Waals surface area contributed by atoms with Crippen LogP contribution in [0.2, 0.25) is 0 Å². The molecule has 0 saturated carbocycles. The molecule has 4 rings (SSSR count). The Morgan fingerprint density at radius 3 is 2.81 bits per heavy atom. The Hall–Kier alpha value is -2.64. The van der Waals surface area contributed by atoms with Crippen LogP contribution in [0.5, 0.6) is 11.5 Å². The van der Waals surface area contributed by atoms with Crippen molar-refractivity contribution < 1.29 is 28.5 Å². The first-order valence-electron chi connectivity index (χ1n) is 9.90. The minimum Gasteiger partial charge on any atom is -0.504 e. The number of hydrogen-bond donors (Lipinski definition) is 1. The summed E-state index contributed by atoms with van der Waals surface area (Å²) in [4.78, 5) is 16.7. The van der Waals surface area contributed by atoms with E-state index in [-0.39, 0.29) is 48.3 Å². The van der Waals surface area contributed by atoms with Crippen molar-refractivity contribution in [2.45, 2.75) is 31.8 Å². The van der Waals surface area contributed by atoms with Crippen molar-refractivity contribution in [3.63, 3.8) is 0 Å². The van der Waals surface area contributed by atoms with E-state index in [1.54, 1.807) is 12.4 Å². The van der Waals surface area contributed by atoms with Crippen molar-refractivity contribution in [1.82, 2.24) is 4.98 Å². The number of benzene rings is 1. The number of carbonyl (C=O) groups is 1. The summed E-state index contributed by atoms with van der Waals surface area (Å²) in [5, 5.41) is 10.1. The minimum absolute atomic E-state index is 0. The molecule has 1 aliphatic heterocycles. The molecule has 1 aromatic heterocycles. The van der Waals surface area contributed by atoms with E-state index in [0.29, 0.717) is 30.6 Å². The lowest BCUT2D eigenvalue weighted by Gasteiger charge is -2.38. The Morgan fingerprint density at radius 1 is 1.35 bits per heavy atom. The highest BCUT2D eigenvalue weighted by Gasteiger charge is 2.52. The van der Waals surface area contributed by atoms with E-state index in [2.05, 4.69) is 4.98 Å². The smallest absolute Gasteiger partial charge is 0.189 e. The number of nitrogens with zero attached hydrogens (tertiary/aromatic N) is 1. The molecular formula is C23H25ClFNO5. The predicted octanol–water partition coefficient (Wildman–Crippen LogP) is 3.99. The van der Waals surface area contributed by atoms with Gasteiger partial charge in [0.2, 0.25) is 0 Å². The number of hydrogen-bond acceptors (Lipinski definition) is 6. The van der Waals surface area contributed by atoms with Crippen LogP contribution in [0.4, 0.5) is 4.39 Å². The maximum absolute atomic E-state index is 14.6. The molecule has 0 radical (unpaired) electrons. The molecule has 3 atom stereocenters. The Kier molecular flexibility index (Phi) is 6.86. The number of ether oxygens (including phenoxy) is 3. The number of phenolic OH excluding ortho intramolecular Hbond substituents is 1. The maximum Gasteiger partial charge on any atom is 0.189 e. The summed E-state index contributed by atoms with van der Waals surface area (Å²) >= 11 is 0. The zero-order valence-corrected chi connectivity index (χ0v) is 18.2. The molecule has 1 aromatic carbocycles. The summed E-state index contributed by atoms with van der Waals surface area (Å²) in [6.45, 7) is 2.00. The van der Waals surface area contributed by atoms with Crippen molar-refractivity contribution in [3.8, 4) is 11.5 Å². The molecule has 1 fully saturated rings. The second-order valence-corrected chi connectivity index (χ2v) is 7.89. The van der Waals surface area contributed by atoms with Gasteiger partial charge in [0.05, 0.1) is 7.11 Å². The maximum atomic E-state index is 14.6. The number of halogens is 2. The van der Waals surface area contributed by atoms with E-state index >= 15 is 0 Å². The molecule has 1 saturated heterocycles. The lowest BCUT2D eigenvalue weighted by Crippen LogP contribution is -2.45. The monoisotopic (exact) mass is 449 g/mol. The quantitative estimate of drug-likeness (QED) is 0.718. The average molecular weight is 450 g/mol. The van der Waals surface area contributed by atoms with Crippen molar-refractivity contribution in [2.24, 2.45) is 11.8 Å². The van der Waals surface area contributed by atoms with Crippen LogP contribution in [0, 0.1) is 17.7 Å². The van der Waals surface area contributed by atoms with Gasteiger partial charge in [0, 0.05) is 30.5 Å². The topological polar surface area (TPSA) is 77.9 Å². The van der Waals surface area contributed by atoms with Gasteiger partial charge < -0.3 is 19.3 Å². The van der Waals surface area contributed by atoms with Gasteiger partial charge in [-0.3, -0.25) is 9.78 Å². The molecule has 8 heteroatoms. The molecule has 2 aliphatic rings. The van der Waals surface area contributed by atoms with Gasteiger partial charge in [0.15, 0.2) is 24.1 Å². The number of allylic oxidation sites excluding steroid dienone is 1. The number of ketones is 1. The van der Waals surface area contributed by atoms with Crippen LogP contribution in [0.3, 0.4) is 0 Å². The molecule has 0 spiro atoms. The van der Waals surface area contributed by atoms with Crippen LogP contribution < -0.4 is 4.74 Å². The third-order valence-corrected chi connectivity index (χ3v) is 6.07. The highest BCUT2D eigenvalue weighted by Crippen LogP contribution is 2.46. The number of methoxy groups -OCH3 is 1. The molecule has 2 heterocycles. The summed E-state index contributed by atoms with van der Waals surface area (Å²) in [6, 6.07) is 6.34. The van der Waals surface area contributed by atoms with Crippen molar-refractivity contribution in [1.29, 1.82) is 0 Å². The summed E-state index contributed by atoms with van der Waals surface area (Å²) < 4.78 is 31.2. The lowest BCUT2D eigenvalue weighted by atomic mass is 9.71. The Labute approximate surface area is 186 Å². The second kappa shape index (κ2) is 9.24. The molecule has 1 N–H and O–H groups in total. The number of aromatic nitrogens is 1. The average Bonchev–Trinajstić information content (AvgIpc) is 3.15. The molecule has 1 aliphatic carbocycles. The van der Waals surface area contributed by atoms with Crippen LogP contribution in [-0.4, -0.2) is 35.4 Å². The Bertz CT molecular complexity index is 983. The van der Waals surface area contributed by atoms with Gasteiger partial charge in [-0.15, -0.1) is 12.4 Å². The highest BCUT2D eigenvalue weighted by molar-refractivity contribution is 5.94. The molecule has 166 valence electrons. The van der Waals surface area contributed by atoms with Crippen LogP contribution in [0.1, 0.15) is 24.5 Å². The molecule has 1 unspecified atom stereocenters. The zero-order chi connectivity index (χ0) is 21.3. The summed E-state index contributed by atoms with van der Waals surface area (Å²) in [6.07, 6.45) is 6.26. The first-order valence-corrected chi connectivity index (χ1v) is 9.90. The van der Waals surface area contributed by atoms with E-state index in [1.165, 1.54) is 25.3 Å². The van der Waals surface area contributed by atoms with E-state index in [1.807, 2.05) is 19.1 Å². The summed E-state index contributed by atoms with van der Waals surface area (Å²) in [7, 11) is 1.37. The fourth-order valence-corrected chi connectivity index (χ4v) is 4.39. The molecule has 31 heavy (non-hydrogen) atoms. The van der Waals surface area contributed by atoms with Crippen molar-refractivity contribution in [2.75, 3.05) is 13.9 Å². The molecule has 6 nitrogen and oxygen atoms in total. The third-order valence-electron chi connectivity index (χ3n) is 6.07. The van der Waals surface area contributed by atoms with Crippen LogP contribution >= 0.6 is 12.4 Å². The molecular weight excluding hydrogens is 425 g/mol. The van der Waals surface area contributed by atoms with Gasteiger partial charge in [-0.2, -0.15) is 0 Å². The van der Waals surface area contributed by atoms with Gasteiger partial charge in [-0.1, -0.05) is 6.92 Å². The SMILES string of the molecule is COc1cc(F)c(CC(C)[C@]23C[C@H](Cc4ccncc4)C(=O)C=C2OCO3)cc1O.Cl. The van der Waals surface area contributed by atoms with E-state index in [0.717, 1.165) is 5.56 Å². The normalized spacial score (nSPS) is 23.3. The molecule has 0 bridgehead atoms.